The molecule has 0 aliphatic carbocycles. The summed E-state index contributed by atoms with van der Waals surface area (Å²) in [7, 11) is 0. The zero-order chi connectivity index (χ0) is 25.1. The van der Waals surface area contributed by atoms with E-state index in [-0.39, 0.29) is 0 Å². The third-order valence-electron chi connectivity index (χ3n) is 8.99. The van der Waals surface area contributed by atoms with Gasteiger partial charge in [0.05, 0.1) is 26.2 Å². The van der Waals surface area contributed by atoms with E-state index in [9.17, 15) is 0 Å². The van der Waals surface area contributed by atoms with Gasteiger partial charge in [-0.05, 0) is 25.7 Å². The largest absolute Gasteiger partial charge is 0.324 e. The van der Waals surface area contributed by atoms with Crippen molar-refractivity contribution in [1.82, 2.24) is 0 Å². The Morgan fingerprint density at radius 2 is 0.543 bits per heavy atom. The van der Waals surface area contributed by atoms with Gasteiger partial charge in [0.2, 0.25) is 0 Å². The number of hydrogen-bond donors (Lipinski definition) is 0. The number of hydrogen-bond acceptors (Lipinski definition) is 0. The normalized spacial score (nSPS) is 15.3. The fourth-order valence-corrected chi connectivity index (χ4v) is 6.50. The highest BCUT2D eigenvalue weighted by atomic mass is 15.4. The van der Waals surface area contributed by atoms with Crippen molar-refractivity contribution in [3.8, 4) is 0 Å². The molecular weight excluding hydrogens is 422 g/mol. The van der Waals surface area contributed by atoms with Crippen LogP contribution in [0.15, 0.2) is 0 Å². The van der Waals surface area contributed by atoms with Crippen molar-refractivity contribution in [2.45, 2.75) is 194 Å². The fourth-order valence-electron chi connectivity index (χ4n) is 6.50. The lowest BCUT2D eigenvalue weighted by Crippen LogP contribution is -2.46. The zero-order valence-corrected chi connectivity index (χ0v) is 25.1. The Morgan fingerprint density at radius 3 is 0.800 bits per heavy atom. The van der Waals surface area contributed by atoms with Gasteiger partial charge in [-0.2, -0.15) is 0 Å². The Balaban J connectivity index is 1.89. The lowest BCUT2D eigenvalue weighted by molar-refractivity contribution is -0.917. The summed E-state index contributed by atoms with van der Waals surface area (Å²) >= 11 is 0. The van der Waals surface area contributed by atoms with Gasteiger partial charge in [0.15, 0.2) is 0 Å². The number of nitrogens with zero attached hydrogens (tertiary/aromatic N) is 1. The van der Waals surface area contributed by atoms with Crippen LogP contribution in [0.2, 0.25) is 0 Å². The molecule has 1 saturated heterocycles. The van der Waals surface area contributed by atoms with E-state index in [4.69, 9.17) is 0 Å². The minimum absolute atomic E-state index is 1.37. The minimum atomic E-state index is 1.37. The van der Waals surface area contributed by atoms with Gasteiger partial charge in [0, 0.05) is 12.8 Å². The first-order valence-electron chi connectivity index (χ1n) is 17.2. The van der Waals surface area contributed by atoms with E-state index in [1.807, 2.05) is 0 Å². The predicted molar refractivity (Wildman–Crippen MR) is 160 cm³/mol. The highest BCUT2D eigenvalue weighted by Crippen LogP contribution is 2.23. The summed E-state index contributed by atoms with van der Waals surface area (Å²) in [6, 6.07) is 0. The van der Waals surface area contributed by atoms with Crippen molar-refractivity contribution in [2.24, 2.45) is 0 Å². The molecule has 210 valence electrons. The van der Waals surface area contributed by atoms with Crippen LogP contribution < -0.4 is 0 Å². The molecule has 0 aromatic carbocycles. The molecule has 0 saturated carbocycles. The Morgan fingerprint density at radius 1 is 0.314 bits per heavy atom. The minimum Gasteiger partial charge on any atom is -0.324 e. The van der Waals surface area contributed by atoms with Crippen LogP contribution in [-0.2, 0) is 0 Å². The van der Waals surface area contributed by atoms with Crippen LogP contribution >= 0.6 is 0 Å². The van der Waals surface area contributed by atoms with Crippen molar-refractivity contribution in [3.05, 3.63) is 0 Å². The number of rotatable bonds is 28. The molecule has 1 nitrogen and oxygen atoms in total. The van der Waals surface area contributed by atoms with E-state index in [0.29, 0.717) is 0 Å². The molecule has 1 aliphatic heterocycles. The molecule has 0 N–H and O–H groups in total. The Hall–Kier alpha value is -0.0400. The van der Waals surface area contributed by atoms with E-state index in [2.05, 4.69) is 13.8 Å². The Labute approximate surface area is 224 Å². The van der Waals surface area contributed by atoms with Crippen molar-refractivity contribution in [2.75, 3.05) is 26.2 Å². The molecule has 0 aromatic rings. The summed E-state index contributed by atoms with van der Waals surface area (Å²) in [6.45, 7) is 10.6. The van der Waals surface area contributed by atoms with Crippen LogP contribution in [0.5, 0.6) is 0 Å². The van der Waals surface area contributed by atoms with E-state index < -0.39 is 0 Å². The first-order valence-corrected chi connectivity index (χ1v) is 17.2. The average Bonchev–Trinajstić information content (AvgIpc) is 3.34. The number of likely N-dealkylation sites (tertiary alicyclic amines) is 1. The third-order valence-corrected chi connectivity index (χ3v) is 8.99. The molecule has 1 heteroatoms. The van der Waals surface area contributed by atoms with Gasteiger partial charge >= 0.3 is 0 Å². The summed E-state index contributed by atoms with van der Waals surface area (Å²) < 4.78 is 1.50. The van der Waals surface area contributed by atoms with Gasteiger partial charge in [0.1, 0.15) is 0 Å². The molecule has 0 aromatic heterocycles. The molecule has 1 aliphatic rings. The second kappa shape index (κ2) is 25.6. The van der Waals surface area contributed by atoms with Gasteiger partial charge in [0.25, 0.3) is 0 Å². The number of unbranched alkanes of at least 4 members (excludes halogenated alkanes) is 24. The Bertz CT molecular complexity index is 365. The fraction of sp³-hybridized carbons (Fsp3) is 1.00. The molecule has 0 amide bonds. The maximum atomic E-state index is 2.31. The quantitative estimate of drug-likeness (QED) is 0.0752. The van der Waals surface area contributed by atoms with Crippen molar-refractivity contribution >= 4 is 0 Å². The van der Waals surface area contributed by atoms with Crippen molar-refractivity contribution in [3.63, 3.8) is 0 Å². The molecule has 1 heterocycles. The summed E-state index contributed by atoms with van der Waals surface area (Å²) in [5.74, 6) is 0. The smallest absolute Gasteiger partial charge is 0.0788 e. The highest BCUT2D eigenvalue weighted by Gasteiger charge is 2.30. The monoisotopic (exact) mass is 493 g/mol. The lowest BCUT2D eigenvalue weighted by atomic mass is 10.0. The van der Waals surface area contributed by atoms with Crippen molar-refractivity contribution in [1.29, 1.82) is 0 Å². The van der Waals surface area contributed by atoms with Gasteiger partial charge in [-0.25, -0.2) is 0 Å². The SMILES string of the molecule is CCCCCCCCCCCCCCC[N+]1(CCCCCCCCCCCCCCC)CCCC1. The summed E-state index contributed by atoms with van der Waals surface area (Å²) in [6.07, 6.45) is 41.4. The Kier molecular flexibility index (Phi) is 24.1. The molecule has 0 atom stereocenters. The van der Waals surface area contributed by atoms with Gasteiger partial charge in [-0.15, -0.1) is 0 Å². The molecule has 0 unspecified atom stereocenters. The van der Waals surface area contributed by atoms with Crippen LogP contribution in [0.3, 0.4) is 0 Å². The maximum Gasteiger partial charge on any atom is 0.0788 e. The second-order valence-electron chi connectivity index (χ2n) is 12.4. The first kappa shape index (κ1) is 33.0. The molecular formula is C34H70N+. The van der Waals surface area contributed by atoms with Crippen LogP contribution in [0.4, 0.5) is 0 Å². The summed E-state index contributed by atoms with van der Waals surface area (Å²) in [4.78, 5) is 0. The van der Waals surface area contributed by atoms with Gasteiger partial charge < -0.3 is 4.48 Å². The summed E-state index contributed by atoms with van der Waals surface area (Å²) in [5, 5.41) is 0. The molecule has 1 rings (SSSR count). The lowest BCUT2D eigenvalue weighted by Gasteiger charge is -2.34. The molecule has 0 radical (unpaired) electrons. The second-order valence-corrected chi connectivity index (χ2v) is 12.4. The predicted octanol–water partition coefficient (Wildman–Crippen LogP) is 11.8. The maximum absolute atomic E-state index is 2.31. The van der Waals surface area contributed by atoms with E-state index in [0.717, 1.165) is 0 Å². The topological polar surface area (TPSA) is 0 Å². The van der Waals surface area contributed by atoms with Crippen molar-refractivity contribution < 1.29 is 4.48 Å². The molecule has 35 heavy (non-hydrogen) atoms. The van der Waals surface area contributed by atoms with Crippen LogP contribution in [-0.4, -0.2) is 30.7 Å². The number of quaternary nitrogens is 1. The molecule has 0 spiro atoms. The standard InChI is InChI=1S/C34H70N/c1-3-5-7-9-11-13-15-17-19-21-23-25-27-31-35(33-29-30-34-35)32-28-26-24-22-20-18-16-14-12-10-8-6-4-2/h3-34H2,1-2H3/q+1. The van der Waals surface area contributed by atoms with Crippen LogP contribution in [0.1, 0.15) is 194 Å². The van der Waals surface area contributed by atoms with E-state index in [1.165, 1.54) is 210 Å². The van der Waals surface area contributed by atoms with E-state index >= 15 is 0 Å². The van der Waals surface area contributed by atoms with Gasteiger partial charge in [-0.1, -0.05) is 155 Å². The third kappa shape index (κ3) is 20.7. The van der Waals surface area contributed by atoms with E-state index in [1.54, 1.807) is 0 Å². The van der Waals surface area contributed by atoms with Gasteiger partial charge in [-0.3, -0.25) is 0 Å². The molecule has 1 fully saturated rings. The summed E-state index contributed by atoms with van der Waals surface area (Å²) in [5.41, 5.74) is 0. The first-order chi connectivity index (χ1) is 17.3. The average molecular weight is 493 g/mol. The highest BCUT2D eigenvalue weighted by molar-refractivity contribution is 4.58. The van der Waals surface area contributed by atoms with Crippen LogP contribution in [0.25, 0.3) is 0 Å². The van der Waals surface area contributed by atoms with Crippen LogP contribution in [0, 0.1) is 0 Å². The molecule has 0 bridgehead atoms. The zero-order valence-electron chi connectivity index (χ0n) is 25.1.